The number of carbonyl (C=O) groups is 1. The molecule has 0 N–H and O–H groups in total. The van der Waals surface area contributed by atoms with E-state index >= 15 is 0 Å². The maximum Gasteiger partial charge on any atom is 0.245 e. The van der Waals surface area contributed by atoms with Crippen molar-refractivity contribution in [2.45, 2.75) is 31.8 Å². The van der Waals surface area contributed by atoms with Crippen LogP contribution in [0.15, 0.2) is 48.1 Å². The molecule has 0 radical (unpaired) electrons. The standard InChI is InChI=1S/C18H19N3OS/c1-13(21-12-19-14-6-2-3-7-15(14)21)18(22)20-10-4-8-16(20)17-9-5-11-23-17/h2-3,5-7,9,11-13,16H,4,8,10H2,1H3/t13-,16+/m0/s1. The zero-order valence-corrected chi connectivity index (χ0v) is 13.9. The molecule has 1 aromatic carbocycles. The van der Waals surface area contributed by atoms with Crippen LogP contribution < -0.4 is 0 Å². The van der Waals surface area contributed by atoms with Gasteiger partial charge in [-0.3, -0.25) is 4.79 Å². The van der Waals surface area contributed by atoms with Crippen LogP contribution in [0.1, 0.15) is 36.7 Å². The van der Waals surface area contributed by atoms with Crippen LogP contribution in [0.3, 0.4) is 0 Å². The second-order valence-electron chi connectivity index (χ2n) is 6.02. The number of imidazole rings is 1. The summed E-state index contributed by atoms with van der Waals surface area (Å²) in [7, 11) is 0. The topological polar surface area (TPSA) is 38.1 Å². The zero-order chi connectivity index (χ0) is 15.8. The Morgan fingerprint density at radius 2 is 2.17 bits per heavy atom. The number of fused-ring (bicyclic) bond motifs is 1. The third kappa shape index (κ3) is 2.45. The highest BCUT2D eigenvalue weighted by atomic mass is 32.1. The molecule has 0 aliphatic carbocycles. The number of benzene rings is 1. The molecule has 118 valence electrons. The van der Waals surface area contributed by atoms with Gasteiger partial charge in [0.05, 0.1) is 23.4 Å². The number of rotatable bonds is 3. The molecule has 4 rings (SSSR count). The molecule has 1 fully saturated rings. The lowest BCUT2D eigenvalue weighted by atomic mass is 10.1. The first-order valence-electron chi connectivity index (χ1n) is 8.01. The van der Waals surface area contributed by atoms with E-state index in [1.165, 1.54) is 4.88 Å². The quantitative estimate of drug-likeness (QED) is 0.729. The number of likely N-dealkylation sites (tertiary alicyclic amines) is 1. The van der Waals surface area contributed by atoms with Crippen molar-refractivity contribution in [3.05, 3.63) is 53.0 Å². The summed E-state index contributed by atoms with van der Waals surface area (Å²) in [6.07, 6.45) is 3.92. The minimum absolute atomic E-state index is 0.184. The molecule has 3 aromatic rings. The Kier molecular flexibility index (Phi) is 3.65. The van der Waals surface area contributed by atoms with E-state index < -0.39 is 0 Å². The van der Waals surface area contributed by atoms with Crippen molar-refractivity contribution in [3.8, 4) is 0 Å². The Morgan fingerprint density at radius 3 is 3.00 bits per heavy atom. The number of amides is 1. The van der Waals surface area contributed by atoms with Crippen molar-refractivity contribution in [1.29, 1.82) is 0 Å². The van der Waals surface area contributed by atoms with Crippen LogP contribution >= 0.6 is 11.3 Å². The first kappa shape index (κ1) is 14.5. The lowest BCUT2D eigenvalue weighted by Crippen LogP contribution is -2.35. The van der Waals surface area contributed by atoms with Gasteiger partial charge in [0.1, 0.15) is 6.04 Å². The van der Waals surface area contributed by atoms with E-state index in [0.29, 0.717) is 0 Å². The molecule has 0 saturated carbocycles. The number of aromatic nitrogens is 2. The lowest BCUT2D eigenvalue weighted by molar-refractivity contribution is -0.135. The second kappa shape index (κ2) is 5.81. The van der Waals surface area contributed by atoms with Gasteiger partial charge in [-0.15, -0.1) is 11.3 Å². The number of nitrogens with zero attached hydrogens (tertiary/aromatic N) is 3. The summed E-state index contributed by atoms with van der Waals surface area (Å²) in [5.74, 6) is 0.184. The molecule has 1 saturated heterocycles. The fraction of sp³-hybridized carbons (Fsp3) is 0.333. The predicted octanol–water partition coefficient (Wildman–Crippen LogP) is 4.02. The van der Waals surface area contributed by atoms with Crippen LogP contribution in [0.5, 0.6) is 0 Å². The molecule has 5 heteroatoms. The van der Waals surface area contributed by atoms with Crippen molar-refractivity contribution < 1.29 is 4.79 Å². The van der Waals surface area contributed by atoms with Gasteiger partial charge in [-0.2, -0.15) is 0 Å². The fourth-order valence-corrected chi connectivity index (χ4v) is 4.33. The number of thiophene rings is 1. The highest BCUT2D eigenvalue weighted by Crippen LogP contribution is 2.36. The monoisotopic (exact) mass is 325 g/mol. The predicted molar refractivity (Wildman–Crippen MR) is 92.5 cm³/mol. The van der Waals surface area contributed by atoms with Crippen LogP contribution in [0.2, 0.25) is 0 Å². The summed E-state index contributed by atoms with van der Waals surface area (Å²) in [6, 6.07) is 12.2. The Balaban J connectivity index is 1.63. The minimum Gasteiger partial charge on any atom is -0.333 e. The third-order valence-electron chi connectivity index (χ3n) is 4.66. The van der Waals surface area contributed by atoms with Gasteiger partial charge >= 0.3 is 0 Å². The summed E-state index contributed by atoms with van der Waals surface area (Å²) in [5.41, 5.74) is 1.95. The van der Waals surface area contributed by atoms with E-state index in [4.69, 9.17) is 0 Å². The first-order valence-corrected chi connectivity index (χ1v) is 8.89. The number of hydrogen-bond donors (Lipinski definition) is 0. The Hall–Kier alpha value is -2.14. The molecule has 23 heavy (non-hydrogen) atoms. The highest BCUT2D eigenvalue weighted by Gasteiger charge is 2.33. The van der Waals surface area contributed by atoms with Gasteiger partial charge in [-0.05, 0) is 43.3 Å². The molecule has 4 nitrogen and oxygen atoms in total. The molecule has 1 aliphatic rings. The summed E-state index contributed by atoms with van der Waals surface area (Å²) in [5, 5.41) is 2.09. The Bertz CT molecular complexity index is 824. The largest absolute Gasteiger partial charge is 0.333 e. The SMILES string of the molecule is C[C@@H](C(=O)N1CCC[C@@H]1c1cccs1)n1cnc2ccccc21. The molecule has 2 atom stereocenters. The minimum atomic E-state index is -0.233. The summed E-state index contributed by atoms with van der Waals surface area (Å²) < 4.78 is 1.99. The number of para-hydroxylation sites is 2. The van der Waals surface area contributed by atoms with Crippen LogP contribution in [-0.2, 0) is 4.79 Å². The summed E-state index contributed by atoms with van der Waals surface area (Å²) in [4.78, 5) is 20.8. The average molecular weight is 325 g/mol. The van der Waals surface area contributed by atoms with E-state index in [1.54, 1.807) is 17.7 Å². The van der Waals surface area contributed by atoms with Crippen molar-refractivity contribution in [3.63, 3.8) is 0 Å². The van der Waals surface area contributed by atoms with Gasteiger partial charge in [0.15, 0.2) is 0 Å². The van der Waals surface area contributed by atoms with Crippen LogP contribution in [0.4, 0.5) is 0 Å². The third-order valence-corrected chi connectivity index (χ3v) is 5.64. The average Bonchev–Trinajstić information content (AvgIpc) is 3.31. The van der Waals surface area contributed by atoms with E-state index in [1.807, 2.05) is 40.7 Å². The maximum absolute atomic E-state index is 13.1. The van der Waals surface area contributed by atoms with Gasteiger partial charge < -0.3 is 9.47 Å². The highest BCUT2D eigenvalue weighted by molar-refractivity contribution is 7.10. The fourth-order valence-electron chi connectivity index (χ4n) is 3.45. The zero-order valence-electron chi connectivity index (χ0n) is 13.1. The van der Waals surface area contributed by atoms with Crippen molar-refractivity contribution in [2.75, 3.05) is 6.54 Å². The van der Waals surface area contributed by atoms with E-state index in [9.17, 15) is 4.79 Å². The molecular formula is C18H19N3OS. The summed E-state index contributed by atoms with van der Waals surface area (Å²) in [6.45, 7) is 2.82. The Morgan fingerprint density at radius 1 is 1.30 bits per heavy atom. The molecule has 0 bridgehead atoms. The van der Waals surface area contributed by atoms with Gasteiger partial charge in [0.2, 0.25) is 5.91 Å². The van der Waals surface area contributed by atoms with E-state index in [0.717, 1.165) is 30.4 Å². The van der Waals surface area contributed by atoms with Crippen molar-refractivity contribution >= 4 is 28.3 Å². The molecule has 2 aromatic heterocycles. The molecule has 3 heterocycles. The lowest BCUT2D eigenvalue weighted by Gasteiger charge is -2.27. The van der Waals surface area contributed by atoms with Gasteiger partial charge in [-0.1, -0.05) is 18.2 Å². The molecule has 0 unspecified atom stereocenters. The first-order chi connectivity index (χ1) is 11.3. The summed E-state index contributed by atoms with van der Waals surface area (Å²) >= 11 is 1.74. The van der Waals surface area contributed by atoms with Crippen molar-refractivity contribution in [2.24, 2.45) is 0 Å². The van der Waals surface area contributed by atoms with Gasteiger partial charge in [-0.25, -0.2) is 4.98 Å². The van der Waals surface area contributed by atoms with E-state index in [-0.39, 0.29) is 18.0 Å². The van der Waals surface area contributed by atoms with Gasteiger partial charge in [0, 0.05) is 11.4 Å². The van der Waals surface area contributed by atoms with Crippen LogP contribution in [0, 0.1) is 0 Å². The van der Waals surface area contributed by atoms with Crippen LogP contribution in [0.25, 0.3) is 11.0 Å². The molecular weight excluding hydrogens is 306 g/mol. The molecule has 0 spiro atoms. The Labute approximate surface area is 139 Å². The molecule has 1 amide bonds. The normalized spacial score (nSPS) is 19.3. The van der Waals surface area contributed by atoms with Crippen LogP contribution in [-0.4, -0.2) is 26.9 Å². The van der Waals surface area contributed by atoms with E-state index in [2.05, 4.69) is 22.5 Å². The van der Waals surface area contributed by atoms with Crippen molar-refractivity contribution in [1.82, 2.24) is 14.5 Å². The molecule has 1 aliphatic heterocycles. The van der Waals surface area contributed by atoms with Gasteiger partial charge in [0.25, 0.3) is 0 Å². The maximum atomic E-state index is 13.1. The smallest absolute Gasteiger partial charge is 0.245 e. The number of hydrogen-bond acceptors (Lipinski definition) is 3. The second-order valence-corrected chi connectivity index (χ2v) is 7.00. The number of carbonyl (C=O) groups excluding carboxylic acids is 1.